The standard InChI is InChI=1S/C18H16N2O4/c1-21-15-7-3-13(4-8-15)17-18(20-24-12-11-23-19-17)14-5-9-16(22-2)10-6-14/h3-12H,1-2H3. The van der Waals surface area contributed by atoms with E-state index in [2.05, 4.69) is 10.3 Å². The van der Waals surface area contributed by atoms with Crippen molar-refractivity contribution >= 4 is 0 Å². The summed E-state index contributed by atoms with van der Waals surface area (Å²) in [6.45, 7) is 0. The van der Waals surface area contributed by atoms with E-state index in [-0.39, 0.29) is 0 Å². The van der Waals surface area contributed by atoms with Crippen molar-refractivity contribution in [3.05, 3.63) is 61.1 Å². The van der Waals surface area contributed by atoms with Gasteiger partial charge in [-0.2, -0.15) is 0 Å². The minimum Gasteiger partial charge on any atom is -0.497 e. The maximum absolute atomic E-state index is 5.19. The SMILES string of the molecule is COc1ccc(-c2nocconc2-c2ccc(OC)cc2)cc1. The third-order valence-corrected chi connectivity index (χ3v) is 3.42. The van der Waals surface area contributed by atoms with Crippen molar-refractivity contribution in [3.63, 3.8) is 0 Å². The van der Waals surface area contributed by atoms with Crippen LogP contribution in [0.4, 0.5) is 0 Å². The van der Waals surface area contributed by atoms with Gasteiger partial charge in [-0.3, -0.25) is 0 Å². The van der Waals surface area contributed by atoms with Crippen LogP contribution in [0.2, 0.25) is 0 Å². The monoisotopic (exact) mass is 324 g/mol. The van der Waals surface area contributed by atoms with Crippen LogP contribution < -0.4 is 9.47 Å². The molecular weight excluding hydrogens is 308 g/mol. The predicted octanol–water partition coefficient (Wildman–Crippen LogP) is 4.14. The average molecular weight is 324 g/mol. The van der Waals surface area contributed by atoms with Gasteiger partial charge in [-0.25, -0.2) is 0 Å². The van der Waals surface area contributed by atoms with E-state index >= 15 is 0 Å². The lowest BCUT2D eigenvalue weighted by atomic mass is 10.0. The highest BCUT2D eigenvalue weighted by atomic mass is 16.5. The molecule has 0 bridgehead atoms. The summed E-state index contributed by atoms with van der Waals surface area (Å²) in [6, 6.07) is 14.9. The Hall–Kier alpha value is -3.28. The molecule has 0 aliphatic carbocycles. The van der Waals surface area contributed by atoms with E-state index in [1.807, 2.05) is 48.5 Å². The van der Waals surface area contributed by atoms with Crippen LogP contribution in [0.1, 0.15) is 0 Å². The highest BCUT2D eigenvalue weighted by molar-refractivity contribution is 5.77. The third kappa shape index (κ3) is 3.38. The van der Waals surface area contributed by atoms with E-state index in [0.717, 1.165) is 22.6 Å². The lowest BCUT2D eigenvalue weighted by Gasteiger charge is -2.06. The first-order chi connectivity index (χ1) is 11.8. The summed E-state index contributed by atoms with van der Waals surface area (Å²) in [5.41, 5.74) is 2.74. The second-order valence-corrected chi connectivity index (χ2v) is 4.82. The van der Waals surface area contributed by atoms with E-state index in [4.69, 9.17) is 18.5 Å². The molecule has 3 aromatic rings. The first-order valence-corrected chi connectivity index (χ1v) is 7.23. The number of methoxy groups -OCH3 is 2. The largest absolute Gasteiger partial charge is 0.497 e. The molecule has 6 nitrogen and oxygen atoms in total. The van der Waals surface area contributed by atoms with Crippen molar-refractivity contribution in [1.29, 1.82) is 0 Å². The van der Waals surface area contributed by atoms with Crippen molar-refractivity contribution < 1.29 is 18.5 Å². The van der Waals surface area contributed by atoms with E-state index in [0.29, 0.717) is 11.4 Å². The molecule has 0 atom stereocenters. The molecule has 24 heavy (non-hydrogen) atoms. The lowest BCUT2D eigenvalue weighted by molar-refractivity contribution is 0.352. The average Bonchev–Trinajstić information content (AvgIpc) is 2.62. The molecule has 1 heterocycles. The number of benzene rings is 2. The van der Waals surface area contributed by atoms with Crippen LogP contribution in [-0.4, -0.2) is 24.5 Å². The van der Waals surface area contributed by atoms with Crippen LogP contribution in [0.3, 0.4) is 0 Å². The van der Waals surface area contributed by atoms with E-state index in [1.165, 1.54) is 12.5 Å². The number of hydrogen-bond donors (Lipinski definition) is 0. The molecule has 0 saturated carbocycles. The molecule has 0 aliphatic heterocycles. The first kappa shape index (κ1) is 15.6. The number of nitrogens with zero attached hydrogens (tertiary/aromatic N) is 2. The van der Waals surface area contributed by atoms with Crippen molar-refractivity contribution in [1.82, 2.24) is 10.3 Å². The Labute approximate surface area is 138 Å². The van der Waals surface area contributed by atoms with Gasteiger partial charge in [-0.15, -0.1) is 0 Å². The Kier molecular flexibility index (Phi) is 4.76. The minimum absolute atomic E-state index is 0.548. The molecule has 0 spiro atoms. The molecule has 1 aromatic heterocycles. The van der Waals surface area contributed by atoms with Gasteiger partial charge in [0.15, 0.2) is 12.5 Å². The Morgan fingerprint density at radius 3 is 1.33 bits per heavy atom. The molecule has 6 heteroatoms. The number of hydrogen-bond acceptors (Lipinski definition) is 6. The molecule has 2 aromatic carbocycles. The Morgan fingerprint density at radius 2 is 1.00 bits per heavy atom. The molecular formula is C18H16N2O4. The number of rotatable bonds is 4. The maximum Gasteiger partial charge on any atom is 0.159 e. The summed E-state index contributed by atoms with van der Waals surface area (Å²) in [7, 11) is 3.24. The van der Waals surface area contributed by atoms with Gasteiger partial charge in [0.25, 0.3) is 0 Å². The van der Waals surface area contributed by atoms with Crippen LogP contribution in [-0.2, 0) is 0 Å². The summed E-state index contributed by atoms with van der Waals surface area (Å²) in [4.78, 5) is 0. The fourth-order valence-electron chi connectivity index (χ4n) is 2.18. The fraction of sp³-hybridized carbons (Fsp3) is 0.111. The van der Waals surface area contributed by atoms with Crippen molar-refractivity contribution in [2.45, 2.75) is 0 Å². The van der Waals surface area contributed by atoms with Gasteiger partial charge in [0.2, 0.25) is 0 Å². The molecule has 0 radical (unpaired) electrons. The van der Waals surface area contributed by atoms with Gasteiger partial charge in [0.1, 0.15) is 22.9 Å². The molecule has 0 amide bonds. The highest BCUT2D eigenvalue weighted by Gasteiger charge is 2.12. The first-order valence-electron chi connectivity index (χ1n) is 7.23. The van der Waals surface area contributed by atoms with Crippen molar-refractivity contribution in [2.75, 3.05) is 14.2 Å². The zero-order chi connectivity index (χ0) is 16.8. The molecule has 0 aliphatic rings. The van der Waals surface area contributed by atoms with Crippen LogP contribution >= 0.6 is 0 Å². The molecule has 3 rings (SSSR count). The Morgan fingerprint density at radius 1 is 0.625 bits per heavy atom. The minimum atomic E-state index is 0.548. The van der Waals surface area contributed by atoms with E-state index in [9.17, 15) is 0 Å². The van der Waals surface area contributed by atoms with Gasteiger partial charge >= 0.3 is 0 Å². The fourth-order valence-corrected chi connectivity index (χ4v) is 2.18. The van der Waals surface area contributed by atoms with Crippen LogP contribution in [0.15, 0.2) is 70.1 Å². The van der Waals surface area contributed by atoms with E-state index in [1.54, 1.807) is 14.2 Å². The van der Waals surface area contributed by atoms with Crippen LogP contribution in [0, 0.1) is 0 Å². The zero-order valence-corrected chi connectivity index (χ0v) is 13.3. The van der Waals surface area contributed by atoms with Gasteiger partial charge in [0, 0.05) is 11.1 Å². The second-order valence-electron chi connectivity index (χ2n) is 4.82. The van der Waals surface area contributed by atoms with Gasteiger partial charge in [-0.1, -0.05) is 10.3 Å². The lowest BCUT2D eigenvalue weighted by Crippen LogP contribution is -1.91. The third-order valence-electron chi connectivity index (χ3n) is 3.42. The Balaban J connectivity index is 2.15. The quantitative estimate of drug-likeness (QED) is 0.718. The summed E-state index contributed by atoms with van der Waals surface area (Å²) in [6.07, 6.45) is 2.63. The van der Waals surface area contributed by atoms with Crippen molar-refractivity contribution in [3.8, 4) is 34.0 Å². The van der Waals surface area contributed by atoms with Crippen molar-refractivity contribution in [2.24, 2.45) is 0 Å². The highest BCUT2D eigenvalue weighted by Crippen LogP contribution is 2.29. The topological polar surface area (TPSA) is 70.5 Å². The smallest absolute Gasteiger partial charge is 0.159 e. The second kappa shape index (κ2) is 7.32. The predicted molar refractivity (Wildman–Crippen MR) is 88.2 cm³/mol. The summed E-state index contributed by atoms with van der Waals surface area (Å²) in [5.74, 6) is 1.51. The Bertz CT molecular complexity index is 762. The van der Waals surface area contributed by atoms with E-state index < -0.39 is 0 Å². The van der Waals surface area contributed by atoms with Crippen LogP contribution in [0.5, 0.6) is 11.5 Å². The van der Waals surface area contributed by atoms with Gasteiger partial charge < -0.3 is 18.5 Å². The molecule has 0 unspecified atom stereocenters. The van der Waals surface area contributed by atoms with Crippen LogP contribution in [0.25, 0.3) is 22.5 Å². The normalized spacial score (nSPS) is 10.1. The van der Waals surface area contributed by atoms with Gasteiger partial charge in [-0.05, 0) is 48.5 Å². The van der Waals surface area contributed by atoms with Gasteiger partial charge in [0.05, 0.1) is 14.2 Å². The maximum atomic E-state index is 5.19. The molecule has 122 valence electrons. The molecule has 0 fully saturated rings. The zero-order valence-electron chi connectivity index (χ0n) is 13.3. The molecule has 0 saturated heterocycles. The summed E-state index contributed by atoms with van der Waals surface area (Å²) in [5, 5.41) is 8.31. The summed E-state index contributed by atoms with van der Waals surface area (Å²) >= 11 is 0. The number of aromatic nitrogens is 2. The number of ether oxygens (including phenoxy) is 2. The molecule has 0 N–H and O–H groups in total. The summed E-state index contributed by atoms with van der Waals surface area (Å²) < 4.78 is 20.7.